The molecule has 38 heavy (non-hydrogen) atoms. The molecular weight excluding hydrogens is 496 g/mol. The van der Waals surface area contributed by atoms with Crippen LogP contribution in [0.4, 0.5) is 26.2 Å². The average molecular weight is 528 g/mol. The summed E-state index contributed by atoms with van der Waals surface area (Å²) in [4.78, 5) is 49.0. The number of anilines is 3. The molecule has 2 aliphatic rings. The van der Waals surface area contributed by atoms with Crippen molar-refractivity contribution >= 4 is 34.4 Å². The van der Waals surface area contributed by atoms with Crippen molar-refractivity contribution in [1.29, 1.82) is 0 Å². The number of piperidine rings is 1. The number of fused-ring (bicyclic) bond motifs is 1. The van der Waals surface area contributed by atoms with Gasteiger partial charge in [-0.3, -0.25) is 14.4 Å². The van der Waals surface area contributed by atoms with Crippen LogP contribution in [0.15, 0.2) is 34.0 Å². The highest BCUT2D eigenvalue weighted by molar-refractivity contribution is 5.86. The molecule has 2 aromatic heterocycles. The molecule has 3 aromatic rings. The Morgan fingerprint density at radius 2 is 1.79 bits per heavy atom. The zero-order valence-electron chi connectivity index (χ0n) is 21.7. The zero-order chi connectivity index (χ0) is 27.2. The summed E-state index contributed by atoms with van der Waals surface area (Å²) in [6.45, 7) is 2.41. The van der Waals surface area contributed by atoms with E-state index in [0.717, 1.165) is 5.56 Å². The van der Waals surface area contributed by atoms with E-state index in [1.807, 2.05) is 6.92 Å². The molecule has 0 atom stereocenters. The Labute approximate surface area is 217 Å². The van der Waals surface area contributed by atoms with Crippen LogP contribution in [0.25, 0.3) is 11.0 Å². The lowest BCUT2D eigenvalue weighted by atomic mass is 10.1. The number of amides is 1. The first-order valence-corrected chi connectivity index (χ1v) is 12.8. The highest BCUT2D eigenvalue weighted by Crippen LogP contribution is 2.47. The van der Waals surface area contributed by atoms with E-state index in [9.17, 15) is 23.2 Å². The van der Waals surface area contributed by atoms with Gasteiger partial charge < -0.3 is 24.7 Å². The number of hydrogen-bond acceptors (Lipinski definition) is 7. The van der Waals surface area contributed by atoms with Crippen LogP contribution in [-0.4, -0.2) is 51.1 Å². The first kappa shape index (κ1) is 25.8. The molecule has 10 nitrogen and oxygen atoms in total. The summed E-state index contributed by atoms with van der Waals surface area (Å²) in [7, 11) is 3.11. The minimum absolute atomic E-state index is 0.110. The van der Waals surface area contributed by atoms with Gasteiger partial charge in [-0.25, -0.2) is 13.8 Å². The summed E-state index contributed by atoms with van der Waals surface area (Å²) >= 11 is 0. The number of aryl methyl sites for hydroxylation is 2. The number of nitrogens with one attached hydrogen (secondary N) is 2. The fourth-order valence-corrected chi connectivity index (χ4v) is 5.00. The van der Waals surface area contributed by atoms with E-state index >= 15 is 0 Å². The van der Waals surface area contributed by atoms with Crippen molar-refractivity contribution in [1.82, 2.24) is 24.4 Å². The molecule has 1 saturated heterocycles. The van der Waals surface area contributed by atoms with Gasteiger partial charge in [-0.2, -0.15) is 4.98 Å². The Bertz CT molecular complexity index is 1520. The minimum atomic E-state index is -2.67. The lowest BCUT2D eigenvalue weighted by Crippen LogP contribution is -2.43. The fourth-order valence-electron chi connectivity index (χ4n) is 5.00. The van der Waals surface area contributed by atoms with E-state index < -0.39 is 22.5 Å². The van der Waals surface area contributed by atoms with Crippen LogP contribution in [0, 0.1) is 5.41 Å². The lowest BCUT2D eigenvalue weighted by Gasteiger charge is -2.32. The van der Waals surface area contributed by atoms with Crippen molar-refractivity contribution in [2.75, 3.05) is 30.4 Å². The van der Waals surface area contributed by atoms with E-state index in [0.29, 0.717) is 47.7 Å². The second-order valence-corrected chi connectivity index (χ2v) is 10.2. The van der Waals surface area contributed by atoms with Gasteiger partial charge in [0.15, 0.2) is 0 Å². The van der Waals surface area contributed by atoms with Crippen molar-refractivity contribution in [3.8, 4) is 0 Å². The third-order valence-electron chi connectivity index (χ3n) is 7.66. The maximum Gasteiger partial charge on any atom is 0.316 e. The molecule has 12 heteroatoms. The second-order valence-electron chi connectivity index (χ2n) is 10.2. The quantitative estimate of drug-likeness (QED) is 0.454. The van der Waals surface area contributed by atoms with Gasteiger partial charge in [0.25, 0.3) is 5.92 Å². The maximum atomic E-state index is 13.6. The Balaban J connectivity index is 1.52. The van der Waals surface area contributed by atoms with Crippen LogP contribution in [-0.2, 0) is 24.8 Å². The van der Waals surface area contributed by atoms with Gasteiger partial charge in [-0.05, 0) is 37.5 Å². The van der Waals surface area contributed by atoms with Crippen molar-refractivity contribution in [3.05, 3.63) is 50.7 Å². The zero-order valence-corrected chi connectivity index (χ0v) is 21.7. The fraction of sp³-hybridized carbons (Fsp3) is 0.500. The van der Waals surface area contributed by atoms with Crippen molar-refractivity contribution < 1.29 is 13.6 Å². The number of aromatic nitrogens is 4. The molecule has 1 amide bonds. The SMILES string of the molecule is CCc1cnc(N2CCC(F)(F)CC2)nc1Nc1ccc2c(c1)n(CC1(C(=O)NC)CC1)c(=O)c(=O)n2C. The monoisotopic (exact) mass is 527 g/mol. The lowest BCUT2D eigenvalue weighted by molar-refractivity contribution is -0.126. The van der Waals surface area contributed by atoms with Gasteiger partial charge in [0, 0.05) is 64.0 Å². The molecule has 0 spiro atoms. The molecule has 5 rings (SSSR count). The predicted octanol–water partition coefficient (Wildman–Crippen LogP) is 2.56. The predicted molar refractivity (Wildman–Crippen MR) is 140 cm³/mol. The van der Waals surface area contributed by atoms with Crippen LogP contribution >= 0.6 is 0 Å². The Morgan fingerprint density at radius 1 is 1.08 bits per heavy atom. The van der Waals surface area contributed by atoms with Crippen molar-refractivity contribution in [2.45, 2.75) is 51.5 Å². The number of carbonyl (C=O) groups excluding carboxylic acids is 1. The number of carbonyl (C=O) groups is 1. The molecule has 202 valence electrons. The molecule has 1 aromatic carbocycles. The molecule has 1 saturated carbocycles. The van der Waals surface area contributed by atoms with Crippen LogP contribution in [0.3, 0.4) is 0 Å². The summed E-state index contributed by atoms with van der Waals surface area (Å²) in [5.74, 6) is -1.90. The van der Waals surface area contributed by atoms with Crippen LogP contribution in [0.5, 0.6) is 0 Å². The van der Waals surface area contributed by atoms with E-state index in [2.05, 4.69) is 20.6 Å². The summed E-state index contributed by atoms with van der Waals surface area (Å²) in [5.41, 5.74) is 0.483. The number of halogens is 2. The summed E-state index contributed by atoms with van der Waals surface area (Å²) in [6, 6.07) is 5.29. The number of nitrogens with zero attached hydrogens (tertiary/aromatic N) is 5. The number of hydrogen-bond donors (Lipinski definition) is 2. The molecule has 2 fully saturated rings. The molecule has 2 N–H and O–H groups in total. The van der Waals surface area contributed by atoms with E-state index in [1.165, 1.54) is 9.13 Å². The molecular formula is C26H31F2N7O3. The smallest absolute Gasteiger partial charge is 0.316 e. The molecule has 3 heterocycles. The third-order valence-corrected chi connectivity index (χ3v) is 7.66. The van der Waals surface area contributed by atoms with Crippen LogP contribution < -0.4 is 26.7 Å². The van der Waals surface area contributed by atoms with E-state index in [-0.39, 0.29) is 38.4 Å². The van der Waals surface area contributed by atoms with E-state index in [4.69, 9.17) is 0 Å². The number of rotatable bonds is 7. The molecule has 0 radical (unpaired) electrons. The van der Waals surface area contributed by atoms with Gasteiger partial charge in [0.05, 0.1) is 16.4 Å². The second kappa shape index (κ2) is 9.48. The van der Waals surface area contributed by atoms with Gasteiger partial charge in [0.1, 0.15) is 5.82 Å². The molecule has 0 unspecified atom stereocenters. The van der Waals surface area contributed by atoms with Gasteiger partial charge in [-0.1, -0.05) is 6.92 Å². The topological polar surface area (TPSA) is 114 Å². The highest BCUT2D eigenvalue weighted by atomic mass is 19.3. The molecule has 1 aliphatic carbocycles. The maximum absolute atomic E-state index is 13.6. The normalized spacial score (nSPS) is 17.9. The number of benzene rings is 1. The summed E-state index contributed by atoms with van der Waals surface area (Å²) < 4.78 is 30.0. The van der Waals surface area contributed by atoms with Crippen molar-refractivity contribution in [3.63, 3.8) is 0 Å². The average Bonchev–Trinajstić information content (AvgIpc) is 3.70. The Hall–Kier alpha value is -3.83. The number of alkyl halides is 2. The highest BCUT2D eigenvalue weighted by Gasteiger charge is 2.50. The Kier molecular flexibility index (Phi) is 6.44. The molecule has 0 bridgehead atoms. The van der Waals surface area contributed by atoms with Crippen molar-refractivity contribution in [2.24, 2.45) is 12.5 Å². The van der Waals surface area contributed by atoms with Gasteiger partial charge in [0.2, 0.25) is 11.9 Å². The van der Waals surface area contributed by atoms with Crippen LogP contribution in [0.1, 0.15) is 38.2 Å². The standard InChI is InChI=1S/C26H31F2N7O3/c1-4-16-14-30-24(34-11-9-26(27,28)10-12-34)32-20(16)31-17-5-6-18-19(13-17)35(22(37)21(36)33(18)3)15-25(7-8-25)23(38)29-2/h5-6,13-14H,4,7-12,15H2,1-3H3,(H,29,38)(H,30,31,32). The van der Waals surface area contributed by atoms with Gasteiger partial charge >= 0.3 is 11.1 Å². The Morgan fingerprint density at radius 3 is 2.42 bits per heavy atom. The van der Waals surface area contributed by atoms with Crippen LogP contribution in [0.2, 0.25) is 0 Å². The largest absolute Gasteiger partial charge is 0.359 e. The van der Waals surface area contributed by atoms with E-state index in [1.54, 1.807) is 43.4 Å². The summed E-state index contributed by atoms with van der Waals surface area (Å²) in [5, 5.41) is 5.96. The first-order valence-electron chi connectivity index (χ1n) is 12.8. The minimum Gasteiger partial charge on any atom is -0.359 e. The third kappa shape index (κ3) is 4.63. The first-order chi connectivity index (χ1) is 18.1. The summed E-state index contributed by atoms with van der Waals surface area (Å²) in [6.07, 6.45) is 3.13. The molecule has 1 aliphatic heterocycles. The van der Waals surface area contributed by atoms with Gasteiger partial charge in [-0.15, -0.1) is 0 Å².